The predicted octanol–water partition coefficient (Wildman–Crippen LogP) is 3.29. The summed E-state index contributed by atoms with van der Waals surface area (Å²) < 4.78 is 1.21. The molecule has 1 aliphatic rings. The number of aliphatic hydroxyl groups is 1. The van der Waals surface area contributed by atoms with Gasteiger partial charge in [0, 0.05) is 29.7 Å². The first-order chi connectivity index (χ1) is 11.3. The summed E-state index contributed by atoms with van der Waals surface area (Å²) in [5.41, 5.74) is 0. The molecule has 5 heteroatoms. The van der Waals surface area contributed by atoms with Gasteiger partial charge in [-0.25, -0.2) is 0 Å². The van der Waals surface area contributed by atoms with Gasteiger partial charge in [0.15, 0.2) is 5.96 Å². The Labute approximate surface area is 141 Å². The molecule has 1 aromatic heterocycles. The molecule has 3 N–H and O–H groups in total. The van der Waals surface area contributed by atoms with Crippen LogP contribution in [0.5, 0.6) is 0 Å². The number of hydrogen-bond donors (Lipinski definition) is 3. The van der Waals surface area contributed by atoms with Crippen molar-refractivity contribution in [2.45, 2.75) is 31.8 Å². The third-order valence-corrected chi connectivity index (χ3v) is 5.46. The lowest BCUT2D eigenvalue weighted by Crippen LogP contribution is -2.39. The van der Waals surface area contributed by atoms with Gasteiger partial charge in [-0.2, -0.15) is 0 Å². The van der Waals surface area contributed by atoms with E-state index >= 15 is 0 Å². The average Bonchev–Trinajstić information content (AvgIpc) is 3.29. The Morgan fingerprint density at radius 3 is 2.91 bits per heavy atom. The Bertz CT molecular complexity index is 630. The first-order valence-electron chi connectivity index (χ1n) is 8.37. The summed E-state index contributed by atoms with van der Waals surface area (Å²) in [4.78, 5) is 5.20. The second-order valence-electron chi connectivity index (χ2n) is 6.17. The number of fused-ring (bicyclic) bond motifs is 1. The Balaban J connectivity index is 1.45. The molecule has 0 saturated heterocycles. The van der Waals surface area contributed by atoms with E-state index in [9.17, 15) is 5.11 Å². The van der Waals surface area contributed by atoms with E-state index in [0.717, 1.165) is 23.3 Å². The van der Waals surface area contributed by atoms with Gasteiger partial charge in [0.05, 0.1) is 0 Å². The van der Waals surface area contributed by atoms with Crippen LogP contribution in [0.15, 0.2) is 35.3 Å². The van der Waals surface area contributed by atoms with Gasteiger partial charge in [0.1, 0.15) is 6.10 Å². The predicted molar refractivity (Wildman–Crippen MR) is 98.1 cm³/mol. The SMILES string of the molecule is CN=C(NCCCC1CC1)NCC(O)c1cc2ccccc2s1. The van der Waals surface area contributed by atoms with Gasteiger partial charge < -0.3 is 15.7 Å². The number of aliphatic hydroxyl groups excluding tert-OH is 1. The summed E-state index contributed by atoms with van der Waals surface area (Å²) >= 11 is 1.65. The fourth-order valence-electron chi connectivity index (χ4n) is 2.69. The van der Waals surface area contributed by atoms with Crippen LogP contribution in [0.25, 0.3) is 10.1 Å². The molecule has 1 heterocycles. The van der Waals surface area contributed by atoms with Crippen molar-refractivity contribution in [3.8, 4) is 0 Å². The quantitative estimate of drug-likeness (QED) is 0.414. The third kappa shape index (κ3) is 4.69. The molecule has 1 aromatic carbocycles. The van der Waals surface area contributed by atoms with Crippen molar-refractivity contribution in [1.82, 2.24) is 10.6 Å². The Hall–Kier alpha value is -1.59. The highest BCUT2D eigenvalue weighted by Crippen LogP contribution is 2.33. The monoisotopic (exact) mass is 331 g/mol. The smallest absolute Gasteiger partial charge is 0.191 e. The molecule has 0 spiro atoms. The van der Waals surface area contributed by atoms with Crippen molar-refractivity contribution in [3.05, 3.63) is 35.2 Å². The topological polar surface area (TPSA) is 56.7 Å². The molecule has 0 radical (unpaired) electrons. The maximum absolute atomic E-state index is 10.4. The summed E-state index contributed by atoms with van der Waals surface area (Å²) in [5, 5.41) is 18.1. The molecule has 0 bridgehead atoms. The van der Waals surface area contributed by atoms with Crippen LogP contribution in [0.3, 0.4) is 0 Å². The lowest BCUT2D eigenvalue weighted by Gasteiger charge is -2.14. The van der Waals surface area contributed by atoms with E-state index in [1.807, 2.05) is 12.1 Å². The largest absolute Gasteiger partial charge is 0.386 e. The van der Waals surface area contributed by atoms with Gasteiger partial charge in [-0.15, -0.1) is 11.3 Å². The zero-order chi connectivity index (χ0) is 16.1. The number of nitrogens with zero attached hydrogens (tertiary/aromatic N) is 1. The van der Waals surface area contributed by atoms with E-state index in [4.69, 9.17) is 0 Å². The van der Waals surface area contributed by atoms with Crippen LogP contribution in [0.4, 0.5) is 0 Å². The van der Waals surface area contributed by atoms with Gasteiger partial charge in [-0.05, 0) is 36.3 Å². The van der Waals surface area contributed by atoms with Gasteiger partial charge in [-0.1, -0.05) is 31.0 Å². The fraction of sp³-hybridized carbons (Fsp3) is 0.500. The molecule has 1 saturated carbocycles. The highest BCUT2D eigenvalue weighted by Gasteiger charge is 2.20. The minimum Gasteiger partial charge on any atom is -0.386 e. The summed E-state index contributed by atoms with van der Waals surface area (Å²) in [7, 11) is 1.77. The number of rotatable bonds is 7. The van der Waals surface area contributed by atoms with Crippen LogP contribution in [-0.2, 0) is 0 Å². The van der Waals surface area contributed by atoms with Crippen molar-refractivity contribution in [2.75, 3.05) is 20.1 Å². The van der Waals surface area contributed by atoms with E-state index < -0.39 is 6.10 Å². The van der Waals surface area contributed by atoms with Gasteiger partial charge in [0.25, 0.3) is 0 Å². The second-order valence-corrected chi connectivity index (χ2v) is 7.28. The van der Waals surface area contributed by atoms with Crippen LogP contribution in [0.2, 0.25) is 0 Å². The standard InChI is InChI=1S/C18H25N3OS/c1-19-18(20-10-4-5-13-8-9-13)21-12-15(22)17-11-14-6-2-3-7-16(14)23-17/h2-3,6-7,11,13,15,22H,4-5,8-10,12H2,1H3,(H2,19,20,21). The Kier molecular flexibility index (Phi) is 5.51. The number of guanidine groups is 1. The molecule has 1 aliphatic carbocycles. The highest BCUT2D eigenvalue weighted by atomic mass is 32.1. The van der Waals surface area contributed by atoms with Gasteiger partial charge >= 0.3 is 0 Å². The molecule has 1 unspecified atom stereocenters. The molecule has 2 aromatic rings. The van der Waals surface area contributed by atoms with Crippen LogP contribution in [0, 0.1) is 5.92 Å². The zero-order valence-electron chi connectivity index (χ0n) is 13.6. The molecule has 0 aliphatic heterocycles. The molecule has 1 fully saturated rings. The van der Waals surface area contributed by atoms with Crippen LogP contribution < -0.4 is 10.6 Å². The van der Waals surface area contributed by atoms with Crippen molar-refractivity contribution >= 4 is 27.4 Å². The van der Waals surface area contributed by atoms with Gasteiger partial charge in [0.2, 0.25) is 0 Å². The number of thiophene rings is 1. The molecule has 124 valence electrons. The molecule has 0 amide bonds. The maximum atomic E-state index is 10.4. The highest BCUT2D eigenvalue weighted by molar-refractivity contribution is 7.19. The van der Waals surface area contributed by atoms with Gasteiger partial charge in [-0.3, -0.25) is 4.99 Å². The van der Waals surface area contributed by atoms with Crippen molar-refractivity contribution in [2.24, 2.45) is 10.9 Å². The molecule has 4 nitrogen and oxygen atoms in total. The van der Waals surface area contributed by atoms with Crippen molar-refractivity contribution in [1.29, 1.82) is 0 Å². The first-order valence-corrected chi connectivity index (χ1v) is 9.19. The minimum atomic E-state index is -0.516. The summed E-state index contributed by atoms with van der Waals surface area (Å²) in [6, 6.07) is 10.3. The van der Waals surface area contributed by atoms with E-state index in [0.29, 0.717) is 6.54 Å². The zero-order valence-corrected chi connectivity index (χ0v) is 14.4. The lowest BCUT2D eigenvalue weighted by molar-refractivity contribution is 0.184. The molecule has 23 heavy (non-hydrogen) atoms. The Morgan fingerprint density at radius 1 is 1.35 bits per heavy atom. The third-order valence-electron chi connectivity index (χ3n) is 4.24. The van der Waals surface area contributed by atoms with E-state index in [-0.39, 0.29) is 0 Å². The number of nitrogens with one attached hydrogen (secondary N) is 2. The number of aliphatic imine (C=N–C) groups is 1. The van der Waals surface area contributed by atoms with Crippen molar-refractivity contribution in [3.63, 3.8) is 0 Å². The maximum Gasteiger partial charge on any atom is 0.191 e. The lowest BCUT2D eigenvalue weighted by atomic mass is 10.2. The minimum absolute atomic E-state index is 0.467. The summed E-state index contributed by atoms with van der Waals surface area (Å²) in [6.07, 6.45) is 4.80. The normalized spacial score (nSPS) is 16.5. The number of benzene rings is 1. The molecular weight excluding hydrogens is 306 g/mol. The van der Waals surface area contributed by atoms with E-state index in [1.54, 1.807) is 18.4 Å². The van der Waals surface area contributed by atoms with Crippen LogP contribution in [0.1, 0.15) is 36.7 Å². The molecule has 3 rings (SSSR count). The fourth-order valence-corrected chi connectivity index (χ4v) is 3.74. The van der Waals surface area contributed by atoms with Crippen LogP contribution in [-0.4, -0.2) is 31.2 Å². The van der Waals surface area contributed by atoms with E-state index in [1.165, 1.54) is 35.8 Å². The number of hydrogen-bond acceptors (Lipinski definition) is 3. The van der Waals surface area contributed by atoms with E-state index in [2.05, 4.69) is 33.8 Å². The Morgan fingerprint density at radius 2 is 2.17 bits per heavy atom. The molecule has 1 atom stereocenters. The summed E-state index contributed by atoms with van der Waals surface area (Å²) in [6.45, 7) is 1.41. The second kappa shape index (κ2) is 7.79. The van der Waals surface area contributed by atoms with Crippen LogP contribution >= 0.6 is 11.3 Å². The summed E-state index contributed by atoms with van der Waals surface area (Å²) in [5.74, 6) is 1.74. The van der Waals surface area contributed by atoms with Crippen molar-refractivity contribution < 1.29 is 5.11 Å². The average molecular weight is 331 g/mol. The first kappa shape index (κ1) is 16.3. The molecular formula is C18H25N3OS.